The zero-order valence-electron chi connectivity index (χ0n) is 14.9. The Labute approximate surface area is 143 Å². The molecule has 1 aromatic heterocycles. The minimum atomic E-state index is 0.133. The van der Waals surface area contributed by atoms with Crippen LogP contribution in [0.2, 0.25) is 0 Å². The minimum absolute atomic E-state index is 0.133. The van der Waals surface area contributed by atoms with E-state index in [0.717, 1.165) is 34.3 Å². The molecule has 1 N–H and O–H groups in total. The highest BCUT2D eigenvalue weighted by Crippen LogP contribution is 2.31. The van der Waals surface area contributed by atoms with Crippen molar-refractivity contribution in [3.63, 3.8) is 0 Å². The number of nitrogens with one attached hydrogen (secondary N) is 1. The predicted octanol–water partition coefficient (Wildman–Crippen LogP) is 3.99. The molecule has 24 heavy (non-hydrogen) atoms. The number of carbonyl (C=O) groups excluding carboxylic acids is 1. The summed E-state index contributed by atoms with van der Waals surface area (Å²) in [5, 5.41) is 3.37. The van der Waals surface area contributed by atoms with E-state index < -0.39 is 0 Å². The summed E-state index contributed by atoms with van der Waals surface area (Å²) in [7, 11) is 1.81. The van der Waals surface area contributed by atoms with Crippen LogP contribution >= 0.6 is 0 Å². The fourth-order valence-electron chi connectivity index (χ4n) is 2.80. The van der Waals surface area contributed by atoms with E-state index in [1.54, 1.807) is 4.90 Å². The topological polar surface area (TPSA) is 58.1 Å². The zero-order valence-corrected chi connectivity index (χ0v) is 14.9. The number of hydrogen-bond donors (Lipinski definition) is 1. The first-order valence-corrected chi connectivity index (χ1v) is 8.40. The molecule has 3 rings (SSSR count). The van der Waals surface area contributed by atoms with E-state index in [4.69, 9.17) is 0 Å². The van der Waals surface area contributed by atoms with Crippen LogP contribution in [-0.2, 0) is 11.2 Å². The fraction of sp³-hybridized carbons (Fsp3) is 0.421. The third-order valence-electron chi connectivity index (χ3n) is 4.30. The van der Waals surface area contributed by atoms with Gasteiger partial charge in [-0.2, -0.15) is 0 Å². The van der Waals surface area contributed by atoms with Crippen molar-refractivity contribution in [2.75, 3.05) is 17.3 Å². The molecule has 126 valence electrons. The molecular weight excluding hydrogens is 300 g/mol. The van der Waals surface area contributed by atoms with Gasteiger partial charge in [0.15, 0.2) is 0 Å². The van der Waals surface area contributed by atoms with Gasteiger partial charge in [-0.3, -0.25) is 4.79 Å². The summed E-state index contributed by atoms with van der Waals surface area (Å²) in [6.45, 7) is 8.46. The van der Waals surface area contributed by atoms with Crippen LogP contribution in [0.3, 0.4) is 0 Å². The number of rotatable bonds is 4. The highest BCUT2D eigenvalue weighted by molar-refractivity contribution is 6.01. The van der Waals surface area contributed by atoms with Crippen LogP contribution in [0.4, 0.5) is 17.2 Å². The number of hydrogen-bond acceptors (Lipinski definition) is 4. The zero-order chi connectivity index (χ0) is 17.4. The van der Waals surface area contributed by atoms with Gasteiger partial charge in [0.05, 0.1) is 6.42 Å². The Morgan fingerprint density at radius 2 is 1.83 bits per heavy atom. The molecule has 1 aromatic carbocycles. The maximum atomic E-state index is 11.8. The Bertz CT molecular complexity index is 757. The maximum Gasteiger partial charge on any atom is 0.231 e. The predicted molar refractivity (Wildman–Crippen MR) is 97.0 cm³/mol. The normalized spacial score (nSPS) is 13.8. The number of aromatic nitrogens is 2. The lowest BCUT2D eigenvalue weighted by atomic mass is 10.1. The lowest BCUT2D eigenvalue weighted by Crippen LogP contribution is -2.20. The third-order valence-corrected chi connectivity index (χ3v) is 4.30. The van der Waals surface area contributed by atoms with Crippen LogP contribution < -0.4 is 10.2 Å². The summed E-state index contributed by atoms with van der Waals surface area (Å²) >= 11 is 0. The van der Waals surface area contributed by atoms with Crippen LogP contribution in [0, 0.1) is 0 Å². The third kappa shape index (κ3) is 3.11. The summed E-state index contributed by atoms with van der Waals surface area (Å²) in [5.41, 5.74) is 4.01. The van der Waals surface area contributed by atoms with Crippen molar-refractivity contribution in [3.05, 3.63) is 41.3 Å². The van der Waals surface area contributed by atoms with Gasteiger partial charge in [0.25, 0.3) is 0 Å². The van der Waals surface area contributed by atoms with E-state index in [9.17, 15) is 4.79 Å². The smallest absolute Gasteiger partial charge is 0.231 e. The molecule has 1 amide bonds. The van der Waals surface area contributed by atoms with E-state index in [1.165, 1.54) is 0 Å². The van der Waals surface area contributed by atoms with Crippen molar-refractivity contribution >= 4 is 23.1 Å². The van der Waals surface area contributed by atoms with E-state index in [1.807, 2.05) is 31.3 Å². The molecule has 5 nitrogen and oxygen atoms in total. The Hall–Kier alpha value is -2.43. The highest BCUT2D eigenvalue weighted by Gasteiger charge is 2.24. The Balaban J connectivity index is 1.92. The number of likely N-dealkylation sites (N-methyl/N-ethyl adjacent to an activating group) is 1. The molecule has 0 fully saturated rings. The number of nitrogens with zero attached hydrogens (tertiary/aromatic N) is 3. The molecule has 2 aromatic rings. The Kier molecular flexibility index (Phi) is 4.26. The number of benzene rings is 1. The molecule has 2 heterocycles. The van der Waals surface area contributed by atoms with Crippen molar-refractivity contribution in [2.45, 2.75) is 46.0 Å². The van der Waals surface area contributed by atoms with Crippen LogP contribution in [-0.4, -0.2) is 22.9 Å². The van der Waals surface area contributed by atoms with Crippen molar-refractivity contribution in [1.29, 1.82) is 0 Å². The van der Waals surface area contributed by atoms with E-state index >= 15 is 0 Å². The second-order valence-electron chi connectivity index (χ2n) is 6.94. The van der Waals surface area contributed by atoms with Crippen LogP contribution in [0.1, 0.15) is 56.6 Å². The first-order valence-electron chi connectivity index (χ1n) is 8.40. The molecular formula is C19H24N4O. The molecule has 0 bridgehead atoms. The van der Waals surface area contributed by atoms with Crippen molar-refractivity contribution in [3.8, 4) is 0 Å². The molecule has 1 aliphatic rings. The number of anilines is 3. The second kappa shape index (κ2) is 6.23. The van der Waals surface area contributed by atoms with Crippen molar-refractivity contribution < 1.29 is 4.79 Å². The standard InChI is InChI=1S/C19H24N4O/c1-11(2)15-10-17(22-19(21-15)12(3)4)20-14-6-7-16-13(8-14)9-18(24)23(16)5/h6-8,10-12H,9H2,1-5H3,(H,20,21,22). The average Bonchev–Trinajstić information content (AvgIpc) is 2.81. The molecule has 0 radical (unpaired) electrons. The van der Waals surface area contributed by atoms with Crippen LogP contribution in [0.15, 0.2) is 24.3 Å². The molecule has 0 aliphatic carbocycles. The SMILES string of the molecule is CC(C)c1cc(Nc2ccc3c(c2)CC(=O)N3C)nc(C(C)C)n1. The first kappa shape index (κ1) is 16.4. The largest absolute Gasteiger partial charge is 0.340 e. The Morgan fingerprint density at radius 1 is 1.08 bits per heavy atom. The molecule has 0 saturated heterocycles. The average molecular weight is 324 g/mol. The molecule has 0 saturated carbocycles. The summed E-state index contributed by atoms with van der Waals surface area (Å²) in [5.74, 6) is 2.40. The molecule has 0 atom stereocenters. The molecule has 0 spiro atoms. The van der Waals surface area contributed by atoms with E-state index in [0.29, 0.717) is 12.3 Å². The van der Waals surface area contributed by atoms with Crippen molar-refractivity contribution in [2.24, 2.45) is 0 Å². The quantitative estimate of drug-likeness (QED) is 0.924. The van der Waals surface area contributed by atoms with Gasteiger partial charge in [0.1, 0.15) is 11.6 Å². The van der Waals surface area contributed by atoms with Gasteiger partial charge in [0.2, 0.25) is 5.91 Å². The monoisotopic (exact) mass is 324 g/mol. The van der Waals surface area contributed by atoms with E-state index in [-0.39, 0.29) is 11.8 Å². The first-order chi connectivity index (χ1) is 11.3. The lowest BCUT2D eigenvalue weighted by Gasteiger charge is -2.14. The summed E-state index contributed by atoms with van der Waals surface area (Å²) < 4.78 is 0. The van der Waals surface area contributed by atoms with E-state index in [2.05, 4.69) is 43.0 Å². The van der Waals surface area contributed by atoms with Gasteiger partial charge < -0.3 is 10.2 Å². The van der Waals surface area contributed by atoms with Gasteiger partial charge in [-0.05, 0) is 29.7 Å². The number of amides is 1. The fourth-order valence-corrected chi connectivity index (χ4v) is 2.80. The van der Waals surface area contributed by atoms with Gasteiger partial charge in [-0.1, -0.05) is 27.7 Å². The van der Waals surface area contributed by atoms with Crippen LogP contribution in [0.5, 0.6) is 0 Å². The molecule has 0 unspecified atom stereocenters. The van der Waals surface area contributed by atoms with Gasteiger partial charge >= 0.3 is 0 Å². The second-order valence-corrected chi connectivity index (χ2v) is 6.94. The summed E-state index contributed by atoms with van der Waals surface area (Å²) in [6.07, 6.45) is 0.458. The summed E-state index contributed by atoms with van der Waals surface area (Å²) in [6, 6.07) is 8.00. The number of fused-ring (bicyclic) bond motifs is 1. The van der Waals surface area contributed by atoms with Crippen molar-refractivity contribution in [1.82, 2.24) is 9.97 Å². The molecule has 1 aliphatic heterocycles. The summed E-state index contributed by atoms with van der Waals surface area (Å²) in [4.78, 5) is 22.8. The van der Waals surface area contributed by atoms with Crippen LogP contribution in [0.25, 0.3) is 0 Å². The van der Waals surface area contributed by atoms with Gasteiger partial charge in [0, 0.05) is 36.1 Å². The minimum Gasteiger partial charge on any atom is -0.340 e. The molecule has 5 heteroatoms. The lowest BCUT2D eigenvalue weighted by molar-refractivity contribution is -0.117. The maximum absolute atomic E-state index is 11.8. The van der Waals surface area contributed by atoms with Gasteiger partial charge in [-0.25, -0.2) is 9.97 Å². The Morgan fingerprint density at radius 3 is 2.50 bits per heavy atom. The van der Waals surface area contributed by atoms with Gasteiger partial charge in [-0.15, -0.1) is 0 Å². The highest BCUT2D eigenvalue weighted by atomic mass is 16.2. The number of carbonyl (C=O) groups is 1.